The van der Waals surface area contributed by atoms with Crippen LogP contribution in [0.25, 0.3) is 11.0 Å². The topological polar surface area (TPSA) is 92.8 Å². The van der Waals surface area contributed by atoms with Crippen molar-refractivity contribution in [2.75, 3.05) is 36.2 Å². The fraction of sp³-hybridized carbons (Fsp3) is 0.524. The minimum absolute atomic E-state index is 0.0425. The number of ether oxygens (including phenoxy) is 2. The molecule has 1 spiro atoms. The Kier molecular flexibility index (Phi) is 3.92. The fourth-order valence-electron chi connectivity index (χ4n) is 5.56. The monoisotopic (exact) mass is 427 g/mol. The number of carbonyl (C=O) groups excluding carboxylic acids is 1. The van der Waals surface area contributed by atoms with Crippen molar-refractivity contribution in [2.45, 2.75) is 38.5 Å². The molecule has 10 heteroatoms. The average Bonchev–Trinajstić information content (AvgIpc) is 3.33. The molecule has 2 saturated heterocycles. The zero-order chi connectivity index (χ0) is 21.3. The number of cyclic esters (lactones) is 1. The van der Waals surface area contributed by atoms with E-state index in [1.807, 2.05) is 32.3 Å². The van der Waals surface area contributed by atoms with Crippen molar-refractivity contribution >= 4 is 41.0 Å². The van der Waals surface area contributed by atoms with Gasteiger partial charge in [0.25, 0.3) is 0 Å². The molecular weight excluding hydrogens is 405 g/mol. The average molecular weight is 427 g/mol. The van der Waals surface area contributed by atoms with Gasteiger partial charge in [-0.2, -0.15) is 0 Å². The van der Waals surface area contributed by atoms with E-state index in [0.29, 0.717) is 37.3 Å². The van der Waals surface area contributed by atoms with Gasteiger partial charge in [-0.25, -0.2) is 9.18 Å². The van der Waals surface area contributed by atoms with Gasteiger partial charge in [-0.15, -0.1) is 0 Å². The van der Waals surface area contributed by atoms with E-state index in [9.17, 15) is 4.79 Å². The summed E-state index contributed by atoms with van der Waals surface area (Å²) >= 11 is 0. The van der Waals surface area contributed by atoms with E-state index in [1.54, 1.807) is 0 Å². The van der Waals surface area contributed by atoms with Gasteiger partial charge in [0.15, 0.2) is 11.6 Å². The van der Waals surface area contributed by atoms with Crippen molar-refractivity contribution < 1.29 is 23.2 Å². The van der Waals surface area contributed by atoms with Gasteiger partial charge < -0.3 is 18.9 Å². The molecule has 1 aromatic heterocycles. The number of anilines is 2. The largest absolute Gasteiger partial charge is 0.447 e. The molecule has 0 N–H and O–H groups in total. The minimum Gasteiger partial charge on any atom is -0.447 e. The van der Waals surface area contributed by atoms with Crippen molar-refractivity contribution in [1.29, 1.82) is 0 Å². The van der Waals surface area contributed by atoms with Crippen LogP contribution < -0.4 is 9.80 Å². The standard InChI is InChI=1S/C21H22FN5O4/c1-11-7-27-16-13(6-21(8-23-10-24-9-21)18(27)12(2)30-11)5-14-17(15(16)22)31-25-19(14)26-3-4-29-20(26)28/h5,8-9,11-12,18H,3-4,6-7,10H2,1-2H3/t11-,12+,18-/m1/s1. The normalized spacial score (nSPS) is 28.9. The van der Waals surface area contributed by atoms with Crippen LogP contribution in [0.4, 0.5) is 20.7 Å². The summed E-state index contributed by atoms with van der Waals surface area (Å²) in [6.07, 6.45) is 3.67. The molecule has 1 aromatic carbocycles. The van der Waals surface area contributed by atoms with E-state index < -0.39 is 17.3 Å². The Labute approximate surface area is 177 Å². The van der Waals surface area contributed by atoms with Crippen LogP contribution in [0, 0.1) is 11.2 Å². The Hall–Kier alpha value is -3.01. The highest BCUT2D eigenvalue weighted by atomic mass is 19.1. The zero-order valence-electron chi connectivity index (χ0n) is 17.2. The summed E-state index contributed by atoms with van der Waals surface area (Å²) in [7, 11) is 0. The van der Waals surface area contributed by atoms with Crippen LogP contribution in [0.1, 0.15) is 19.4 Å². The van der Waals surface area contributed by atoms with Gasteiger partial charge >= 0.3 is 6.09 Å². The number of halogens is 1. The molecule has 31 heavy (non-hydrogen) atoms. The molecular formula is C21H22FN5O4. The highest BCUT2D eigenvalue weighted by Gasteiger charge is 2.52. The summed E-state index contributed by atoms with van der Waals surface area (Å²) in [4.78, 5) is 24.4. The van der Waals surface area contributed by atoms with Crippen molar-refractivity contribution in [3.63, 3.8) is 0 Å². The number of aliphatic imine (C=N–C) groups is 2. The quantitative estimate of drug-likeness (QED) is 0.695. The zero-order valence-corrected chi connectivity index (χ0v) is 17.2. The molecule has 0 aliphatic carbocycles. The summed E-state index contributed by atoms with van der Waals surface area (Å²) in [5.74, 6) is -0.185. The van der Waals surface area contributed by atoms with E-state index in [1.165, 1.54) is 4.90 Å². The Morgan fingerprint density at radius 2 is 2.06 bits per heavy atom. The summed E-state index contributed by atoms with van der Waals surface area (Å²) in [6.45, 7) is 5.54. The van der Waals surface area contributed by atoms with Crippen molar-refractivity contribution in [3.05, 3.63) is 17.4 Å². The smallest absolute Gasteiger partial charge is 0.415 e. The Balaban J connectivity index is 1.56. The molecule has 9 nitrogen and oxygen atoms in total. The number of hydrogen-bond donors (Lipinski definition) is 0. The first kappa shape index (κ1) is 18.7. The molecule has 2 fully saturated rings. The van der Waals surface area contributed by atoms with Gasteiger partial charge in [0.05, 0.1) is 41.3 Å². The predicted octanol–water partition coefficient (Wildman–Crippen LogP) is 2.56. The second kappa shape index (κ2) is 6.49. The first-order chi connectivity index (χ1) is 15.0. The van der Waals surface area contributed by atoms with Crippen LogP contribution >= 0.6 is 0 Å². The van der Waals surface area contributed by atoms with Crippen LogP contribution in [0.5, 0.6) is 0 Å². The molecule has 162 valence electrons. The maximum atomic E-state index is 15.9. The highest BCUT2D eigenvalue weighted by molar-refractivity contribution is 6.01. The Morgan fingerprint density at radius 1 is 1.26 bits per heavy atom. The molecule has 4 aliphatic rings. The summed E-state index contributed by atoms with van der Waals surface area (Å²) in [5.41, 5.74) is 0.846. The number of benzene rings is 1. The number of aromatic nitrogens is 1. The fourth-order valence-corrected chi connectivity index (χ4v) is 5.56. The van der Waals surface area contributed by atoms with E-state index in [-0.39, 0.29) is 36.3 Å². The number of hydrogen-bond acceptors (Lipinski definition) is 8. The van der Waals surface area contributed by atoms with Crippen LogP contribution in [-0.2, 0) is 15.9 Å². The SMILES string of the molecule is C[C@@H]1CN2c3c(cc4c(N5CCOC5=O)noc4c3F)CC3(C=NCN=C3)[C@H]2[C@H](C)O1. The lowest BCUT2D eigenvalue weighted by Gasteiger charge is -2.54. The van der Waals surface area contributed by atoms with Gasteiger partial charge in [0.2, 0.25) is 5.58 Å². The molecule has 4 aliphatic heterocycles. The number of morpholine rings is 1. The lowest BCUT2D eigenvalue weighted by atomic mass is 9.69. The predicted molar refractivity (Wildman–Crippen MR) is 112 cm³/mol. The van der Waals surface area contributed by atoms with Gasteiger partial charge in [-0.1, -0.05) is 5.16 Å². The van der Waals surface area contributed by atoms with E-state index in [2.05, 4.69) is 20.0 Å². The highest BCUT2D eigenvalue weighted by Crippen LogP contribution is 2.48. The molecule has 0 radical (unpaired) electrons. The molecule has 2 aromatic rings. The molecule has 5 heterocycles. The number of carbonyl (C=O) groups is 1. The third kappa shape index (κ3) is 2.57. The number of fused-ring (bicyclic) bond motifs is 5. The van der Waals surface area contributed by atoms with Crippen LogP contribution in [0.2, 0.25) is 0 Å². The second-order valence-electron chi connectivity index (χ2n) is 8.65. The van der Waals surface area contributed by atoms with E-state index in [0.717, 1.165) is 5.56 Å². The maximum absolute atomic E-state index is 15.9. The van der Waals surface area contributed by atoms with Crippen molar-refractivity contribution in [1.82, 2.24) is 5.16 Å². The van der Waals surface area contributed by atoms with E-state index >= 15 is 4.39 Å². The first-order valence-corrected chi connectivity index (χ1v) is 10.5. The summed E-state index contributed by atoms with van der Waals surface area (Å²) < 4.78 is 32.5. The third-order valence-corrected chi connectivity index (χ3v) is 6.60. The maximum Gasteiger partial charge on any atom is 0.415 e. The van der Waals surface area contributed by atoms with Crippen LogP contribution in [-0.4, -0.2) is 68.3 Å². The Morgan fingerprint density at radius 3 is 2.81 bits per heavy atom. The molecule has 0 saturated carbocycles. The van der Waals surface area contributed by atoms with Crippen molar-refractivity contribution in [3.8, 4) is 0 Å². The minimum atomic E-state index is -0.507. The molecule has 1 amide bonds. The summed E-state index contributed by atoms with van der Waals surface area (Å²) in [6, 6.07) is 1.73. The lowest BCUT2D eigenvalue weighted by molar-refractivity contribution is -0.0432. The van der Waals surface area contributed by atoms with Gasteiger partial charge in [0.1, 0.15) is 13.3 Å². The van der Waals surface area contributed by atoms with E-state index in [4.69, 9.17) is 14.0 Å². The van der Waals surface area contributed by atoms with Crippen molar-refractivity contribution in [2.24, 2.45) is 15.4 Å². The van der Waals surface area contributed by atoms with Gasteiger partial charge in [0, 0.05) is 19.0 Å². The third-order valence-electron chi connectivity index (χ3n) is 6.60. The molecule has 0 unspecified atom stereocenters. The first-order valence-electron chi connectivity index (χ1n) is 10.5. The number of nitrogens with zero attached hydrogens (tertiary/aromatic N) is 5. The summed E-state index contributed by atoms with van der Waals surface area (Å²) in [5, 5.41) is 4.47. The Bertz CT molecular complexity index is 1130. The number of rotatable bonds is 1. The van der Waals surface area contributed by atoms with Gasteiger partial charge in [-0.3, -0.25) is 14.9 Å². The van der Waals surface area contributed by atoms with Crippen LogP contribution in [0.3, 0.4) is 0 Å². The van der Waals surface area contributed by atoms with Gasteiger partial charge in [-0.05, 0) is 31.9 Å². The molecule has 3 atom stereocenters. The van der Waals surface area contributed by atoms with Crippen LogP contribution in [0.15, 0.2) is 20.6 Å². The lowest BCUT2D eigenvalue weighted by Crippen LogP contribution is -2.65. The second-order valence-corrected chi connectivity index (χ2v) is 8.65. The number of amides is 1. The molecule has 6 rings (SSSR count). The molecule has 0 bridgehead atoms.